The van der Waals surface area contributed by atoms with Crippen molar-refractivity contribution in [3.05, 3.63) is 0 Å². The van der Waals surface area contributed by atoms with Crippen molar-refractivity contribution in [2.75, 3.05) is 32.8 Å². The van der Waals surface area contributed by atoms with Gasteiger partial charge in [0.2, 0.25) is 5.91 Å². The number of unbranched alkanes of at least 4 members (excludes halogenated alkanes) is 3. The maximum absolute atomic E-state index is 12.4. The third kappa shape index (κ3) is 16.5. The molecule has 188 valence electrons. The summed E-state index contributed by atoms with van der Waals surface area (Å²) in [6, 6.07) is -1.49. The van der Waals surface area contributed by atoms with E-state index in [0.717, 1.165) is 38.5 Å². The van der Waals surface area contributed by atoms with Gasteiger partial charge in [-0.15, -0.1) is 0 Å². The summed E-state index contributed by atoms with van der Waals surface area (Å²) >= 11 is 0. The molecule has 32 heavy (non-hydrogen) atoms. The minimum absolute atomic E-state index is 0.0239. The molecule has 3 amide bonds. The molecule has 12 heteroatoms. The van der Waals surface area contributed by atoms with Crippen LogP contribution < -0.4 is 39.3 Å². The standard InChI is InChI=1S/C20H43N7O5/c21-10-4-1-7-15(26-18(28)17(24)9-3-6-12-23)14-32-20(30)27-16(8-2-5-11-22)13-31-19(25)29/h15-17H,1-14,21-24H2,(H2,25,29)(H,26,28)(H,27,30)/t15-,16+,17+/m0/s1. The number of carbonyl (C=O) groups is 3. The summed E-state index contributed by atoms with van der Waals surface area (Å²) in [5.41, 5.74) is 27.4. The highest BCUT2D eigenvalue weighted by Crippen LogP contribution is 2.06. The van der Waals surface area contributed by atoms with Crippen LogP contribution in [0.3, 0.4) is 0 Å². The molecule has 3 atom stereocenters. The van der Waals surface area contributed by atoms with Crippen molar-refractivity contribution < 1.29 is 23.9 Å². The fraction of sp³-hybridized carbons (Fsp3) is 0.850. The number of primary amides is 1. The van der Waals surface area contributed by atoms with Crippen LogP contribution in [-0.4, -0.2) is 69.1 Å². The van der Waals surface area contributed by atoms with Gasteiger partial charge in [0.15, 0.2) is 0 Å². The summed E-state index contributed by atoms with van der Waals surface area (Å²) < 4.78 is 10.1. The Morgan fingerprint density at radius 1 is 0.688 bits per heavy atom. The van der Waals surface area contributed by atoms with E-state index >= 15 is 0 Å². The van der Waals surface area contributed by atoms with Crippen LogP contribution in [0, 0.1) is 0 Å². The number of rotatable bonds is 19. The van der Waals surface area contributed by atoms with E-state index in [1.807, 2.05) is 0 Å². The first-order chi connectivity index (χ1) is 15.3. The number of amides is 3. The molecule has 0 radical (unpaired) electrons. The lowest BCUT2D eigenvalue weighted by Crippen LogP contribution is -2.48. The fourth-order valence-electron chi connectivity index (χ4n) is 2.98. The molecule has 0 aliphatic heterocycles. The molecule has 0 saturated carbocycles. The van der Waals surface area contributed by atoms with E-state index in [4.69, 9.17) is 38.1 Å². The van der Waals surface area contributed by atoms with E-state index in [2.05, 4.69) is 10.6 Å². The summed E-state index contributed by atoms with van der Waals surface area (Å²) in [5, 5.41) is 5.51. The molecule has 0 fully saturated rings. The Morgan fingerprint density at radius 3 is 1.66 bits per heavy atom. The van der Waals surface area contributed by atoms with Crippen molar-refractivity contribution in [1.29, 1.82) is 0 Å². The monoisotopic (exact) mass is 461 g/mol. The molecule has 0 unspecified atom stereocenters. The van der Waals surface area contributed by atoms with Crippen molar-refractivity contribution in [2.24, 2.45) is 28.7 Å². The predicted octanol–water partition coefficient (Wildman–Crippen LogP) is -0.624. The molecule has 0 saturated heterocycles. The number of nitrogens with one attached hydrogen (secondary N) is 2. The molecule has 0 rings (SSSR count). The number of hydrogen-bond donors (Lipinski definition) is 7. The molecule has 0 heterocycles. The fourth-order valence-corrected chi connectivity index (χ4v) is 2.98. The van der Waals surface area contributed by atoms with Crippen LogP contribution in [0.2, 0.25) is 0 Å². The number of hydrogen-bond acceptors (Lipinski definition) is 9. The van der Waals surface area contributed by atoms with E-state index < -0.39 is 30.3 Å². The Labute approximate surface area is 190 Å². The van der Waals surface area contributed by atoms with Gasteiger partial charge in [-0.05, 0) is 58.2 Å². The molecule has 0 aromatic carbocycles. The largest absolute Gasteiger partial charge is 0.448 e. The van der Waals surface area contributed by atoms with E-state index in [1.54, 1.807) is 0 Å². The molecular formula is C20H43N7O5. The predicted molar refractivity (Wildman–Crippen MR) is 122 cm³/mol. The second kappa shape index (κ2) is 19.5. The van der Waals surface area contributed by atoms with Crippen molar-refractivity contribution in [3.63, 3.8) is 0 Å². The van der Waals surface area contributed by atoms with Gasteiger partial charge in [-0.1, -0.05) is 19.3 Å². The molecule has 0 aliphatic carbocycles. The Kier molecular flexibility index (Phi) is 18.2. The highest BCUT2D eigenvalue weighted by atomic mass is 16.6. The molecule has 12 N–H and O–H groups in total. The van der Waals surface area contributed by atoms with Gasteiger partial charge in [-0.3, -0.25) is 4.79 Å². The normalized spacial score (nSPS) is 13.6. The minimum atomic E-state index is -0.922. The molecule has 0 spiro atoms. The summed E-state index contributed by atoms with van der Waals surface area (Å²) in [6.07, 6.45) is 4.70. The third-order valence-electron chi connectivity index (χ3n) is 4.83. The lowest BCUT2D eigenvalue weighted by Gasteiger charge is -2.22. The van der Waals surface area contributed by atoms with Crippen molar-refractivity contribution in [2.45, 2.75) is 75.9 Å². The minimum Gasteiger partial charge on any atom is -0.448 e. The Hall–Kier alpha value is -2.15. The first-order valence-corrected chi connectivity index (χ1v) is 11.4. The average molecular weight is 462 g/mol. The van der Waals surface area contributed by atoms with Crippen LogP contribution in [-0.2, 0) is 14.3 Å². The van der Waals surface area contributed by atoms with Gasteiger partial charge in [0.1, 0.15) is 13.2 Å². The van der Waals surface area contributed by atoms with Crippen LogP contribution in [0.25, 0.3) is 0 Å². The van der Waals surface area contributed by atoms with Gasteiger partial charge in [0.25, 0.3) is 0 Å². The molecule has 0 bridgehead atoms. The molecule has 12 nitrogen and oxygen atoms in total. The van der Waals surface area contributed by atoms with Crippen LogP contribution in [0.15, 0.2) is 0 Å². The Balaban J connectivity index is 4.69. The van der Waals surface area contributed by atoms with Gasteiger partial charge < -0.3 is 48.8 Å². The Bertz CT molecular complexity index is 525. The molecule has 0 aliphatic rings. The highest BCUT2D eigenvalue weighted by Gasteiger charge is 2.20. The number of carbonyl (C=O) groups excluding carboxylic acids is 3. The van der Waals surface area contributed by atoms with Crippen molar-refractivity contribution in [3.8, 4) is 0 Å². The van der Waals surface area contributed by atoms with E-state index in [-0.39, 0.29) is 19.1 Å². The van der Waals surface area contributed by atoms with Crippen LogP contribution >= 0.6 is 0 Å². The van der Waals surface area contributed by atoms with Crippen molar-refractivity contribution in [1.82, 2.24) is 10.6 Å². The lowest BCUT2D eigenvalue weighted by molar-refractivity contribution is -0.123. The van der Waals surface area contributed by atoms with Gasteiger partial charge in [0, 0.05) is 0 Å². The Morgan fingerprint density at radius 2 is 1.16 bits per heavy atom. The quantitative estimate of drug-likeness (QED) is 0.121. The maximum Gasteiger partial charge on any atom is 0.407 e. The third-order valence-corrected chi connectivity index (χ3v) is 4.83. The summed E-state index contributed by atoms with van der Waals surface area (Å²) in [7, 11) is 0. The number of ether oxygens (including phenoxy) is 2. The first-order valence-electron chi connectivity index (χ1n) is 11.4. The zero-order valence-corrected chi connectivity index (χ0v) is 19.1. The molecule has 0 aromatic heterocycles. The summed E-state index contributed by atoms with van der Waals surface area (Å²) in [6.45, 7) is 1.52. The second-order valence-electron chi connectivity index (χ2n) is 7.74. The van der Waals surface area contributed by atoms with Gasteiger partial charge >= 0.3 is 12.2 Å². The van der Waals surface area contributed by atoms with Crippen LogP contribution in [0.4, 0.5) is 9.59 Å². The zero-order chi connectivity index (χ0) is 24.2. The van der Waals surface area contributed by atoms with E-state index in [1.165, 1.54) is 0 Å². The van der Waals surface area contributed by atoms with Gasteiger partial charge in [-0.25, -0.2) is 9.59 Å². The molecule has 0 aromatic rings. The van der Waals surface area contributed by atoms with Crippen molar-refractivity contribution >= 4 is 18.1 Å². The SMILES string of the molecule is NCCCC[C@H](COC(N)=O)NC(=O)OC[C@H](CCCCN)NC(=O)[C@H](N)CCCCN. The van der Waals surface area contributed by atoms with Gasteiger partial charge in [0.05, 0.1) is 18.1 Å². The van der Waals surface area contributed by atoms with Crippen LogP contribution in [0.1, 0.15) is 57.8 Å². The number of alkyl carbamates (subject to hydrolysis) is 1. The maximum atomic E-state index is 12.4. The average Bonchev–Trinajstić information content (AvgIpc) is 2.75. The lowest BCUT2D eigenvalue weighted by atomic mass is 10.1. The summed E-state index contributed by atoms with van der Waals surface area (Å²) in [4.78, 5) is 35.5. The zero-order valence-electron chi connectivity index (χ0n) is 19.1. The summed E-state index contributed by atoms with van der Waals surface area (Å²) in [5.74, 6) is -0.293. The number of nitrogens with two attached hydrogens (primary N) is 5. The van der Waals surface area contributed by atoms with E-state index in [9.17, 15) is 14.4 Å². The smallest absolute Gasteiger partial charge is 0.407 e. The molecular weight excluding hydrogens is 418 g/mol. The first kappa shape index (κ1) is 29.9. The second-order valence-corrected chi connectivity index (χ2v) is 7.74. The van der Waals surface area contributed by atoms with Gasteiger partial charge in [-0.2, -0.15) is 0 Å². The highest BCUT2D eigenvalue weighted by molar-refractivity contribution is 5.81. The van der Waals surface area contributed by atoms with E-state index in [0.29, 0.717) is 38.9 Å². The van der Waals surface area contributed by atoms with Crippen LogP contribution in [0.5, 0.6) is 0 Å². The topological polar surface area (TPSA) is 224 Å².